The maximum Gasteiger partial charge on any atom is 0.124 e. The number of halogens is 2. The van der Waals surface area contributed by atoms with Gasteiger partial charge in [0.25, 0.3) is 0 Å². The molecule has 0 fully saturated rings. The van der Waals surface area contributed by atoms with Crippen molar-refractivity contribution in [3.8, 4) is 0 Å². The molecule has 106 valence electrons. The van der Waals surface area contributed by atoms with Crippen molar-refractivity contribution in [3.05, 3.63) is 68.9 Å². The third-order valence-corrected chi connectivity index (χ3v) is 4.09. The Morgan fingerprint density at radius 2 is 1.75 bits per heavy atom. The van der Waals surface area contributed by atoms with Crippen LogP contribution in [-0.2, 0) is 6.42 Å². The smallest absolute Gasteiger partial charge is 0.124 e. The minimum Gasteiger partial charge on any atom is -0.313 e. The fraction of sp³-hybridized carbons (Fsp3) is 0.294. The maximum absolute atomic E-state index is 13.2. The van der Waals surface area contributed by atoms with Crippen LogP contribution >= 0.6 is 15.9 Å². The number of rotatable bonds is 4. The second-order valence-corrected chi connectivity index (χ2v) is 6.06. The van der Waals surface area contributed by atoms with E-state index in [1.165, 1.54) is 28.8 Å². The maximum atomic E-state index is 13.2. The summed E-state index contributed by atoms with van der Waals surface area (Å²) >= 11 is 3.45. The zero-order chi connectivity index (χ0) is 14.7. The van der Waals surface area contributed by atoms with E-state index in [1.807, 2.05) is 13.1 Å². The van der Waals surface area contributed by atoms with Crippen molar-refractivity contribution in [1.29, 1.82) is 0 Å². The van der Waals surface area contributed by atoms with Gasteiger partial charge in [0.2, 0.25) is 0 Å². The van der Waals surface area contributed by atoms with Crippen molar-refractivity contribution < 1.29 is 4.39 Å². The lowest BCUT2D eigenvalue weighted by molar-refractivity contribution is 0.582. The minimum absolute atomic E-state index is 0.158. The van der Waals surface area contributed by atoms with Gasteiger partial charge in [0, 0.05) is 10.5 Å². The van der Waals surface area contributed by atoms with Crippen molar-refractivity contribution in [3.63, 3.8) is 0 Å². The Labute approximate surface area is 128 Å². The van der Waals surface area contributed by atoms with Crippen molar-refractivity contribution in [2.24, 2.45) is 0 Å². The van der Waals surface area contributed by atoms with E-state index in [0.717, 1.165) is 16.5 Å². The van der Waals surface area contributed by atoms with Crippen LogP contribution in [0.25, 0.3) is 0 Å². The molecule has 0 saturated heterocycles. The van der Waals surface area contributed by atoms with E-state index < -0.39 is 0 Å². The van der Waals surface area contributed by atoms with Gasteiger partial charge >= 0.3 is 0 Å². The van der Waals surface area contributed by atoms with Crippen LogP contribution in [0.15, 0.2) is 40.9 Å². The van der Waals surface area contributed by atoms with E-state index in [2.05, 4.69) is 53.3 Å². The Morgan fingerprint density at radius 1 is 1.10 bits per heavy atom. The summed E-state index contributed by atoms with van der Waals surface area (Å²) in [5.74, 6) is -0.220. The van der Waals surface area contributed by atoms with Gasteiger partial charge in [0.1, 0.15) is 5.82 Å². The summed E-state index contributed by atoms with van der Waals surface area (Å²) in [5, 5.41) is 3.31. The van der Waals surface area contributed by atoms with Crippen molar-refractivity contribution in [2.45, 2.75) is 26.3 Å². The summed E-state index contributed by atoms with van der Waals surface area (Å²) in [7, 11) is 1.93. The molecule has 1 N–H and O–H groups in total. The number of aryl methyl sites for hydroxylation is 2. The second-order valence-electron chi connectivity index (χ2n) is 5.21. The number of hydrogen-bond acceptors (Lipinski definition) is 1. The molecule has 0 aromatic heterocycles. The highest BCUT2D eigenvalue weighted by Gasteiger charge is 2.14. The van der Waals surface area contributed by atoms with Crippen LogP contribution in [0.1, 0.15) is 28.3 Å². The standard InChI is InChI=1S/C17H19BrFN/c1-11-6-12(2)8-13(7-11)9-17(20-3)15-5-4-14(19)10-16(15)18/h4-8,10,17,20H,9H2,1-3H3. The molecule has 2 rings (SSSR count). The molecule has 3 heteroatoms. The highest BCUT2D eigenvalue weighted by atomic mass is 79.9. The fourth-order valence-electron chi connectivity index (χ4n) is 2.57. The molecule has 1 unspecified atom stereocenters. The molecule has 0 bridgehead atoms. The monoisotopic (exact) mass is 335 g/mol. The quantitative estimate of drug-likeness (QED) is 0.853. The molecule has 0 amide bonds. The molecular formula is C17H19BrFN. The van der Waals surface area contributed by atoms with Crippen LogP contribution < -0.4 is 5.32 Å². The van der Waals surface area contributed by atoms with Crippen molar-refractivity contribution >= 4 is 15.9 Å². The average Bonchev–Trinajstić information content (AvgIpc) is 2.35. The molecule has 0 radical (unpaired) electrons. The van der Waals surface area contributed by atoms with Gasteiger partial charge in [-0.3, -0.25) is 0 Å². The first-order valence-corrected chi connectivity index (χ1v) is 7.48. The predicted octanol–water partition coefficient (Wildman–Crippen LogP) is 4.71. The van der Waals surface area contributed by atoms with E-state index in [0.29, 0.717) is 0 Å². The van der Waals surface area contributed by atoms with Gasteiger partial charge in [0.15, 0.2) is 0 Å². The summed E-state index contributed by atoms with van der Waals surface area (Å²) in [6.45, 7) is 4.22. The molecule has 0 aliphatic rings. The molecule has 0 saturated carbocycles. The lowest BCUT2D eigenvalue weighted by Crippen LogP contribution is -2.19. The Balaban J connectivity index is 2.28. The first-order chi connectivity index (χ1) is 9.49. The number of likely N-dealkylation sites (N-methyl/N-ethyl adjacent to an activating group) is 1. The summed E-state index contributed by atoms with van der Waals surface area (Å²) in [5.41, 5.74) is 4.91. The summed E-state index contributed by atoms with van der Waals surface area (Å²) in [4.78, 5) is 0. The largest absolute Gasteiger partial charge is 0.313 e. The molecule has 1 nitrogen and oxygen atoms in total. The zero-order valence-corrected chi connectivity index (χ0v) is 13.6. The number of hydrogen-bond donors (Lipinski definition) is 1. The van der Waals surface area contributed by atoms with Gasteiger partial charge in [0.05, 0.1) is 0 Å². The van der Waals surface area contributed by atoms with E-state index in [9.17, 15) is 4.39 Å². The zero-order valence-electron chi connectivity index (χ0n) is 12.0. The van der Waals surface area contributed by atoms with Gasteiger partial charge in [-0.05, 0) is 50.6 Å². The highest BCUT2D eigenvalue weighted by molar-refractivity contribution is 9.10. The molecule has 0 heterocycles. The lowest BCUT2D eigenvalue weighted by Gasteiger charge is -2.19. The van der Waals surface area contributed by atoms with Crippen LogP contribution in [0.4, 0.5) is 4.39 Å². The number of nitrogens with one attached hydrogen (secondary N) is 1. The van der Waals surface area contributed by atoms with Gasteiger partial charge < -0.3 is 5.32 Å². The summed E-state index contributed by atoms with van der Waals surface area (Å²) in [6, 6.07) is 11.6. The third kappa shape index (κ3) is 3.68. The highest BCUT2D eigenvalue weighted by Crippen LogP contribution is 2.27. The van der Waals surface area contributed by atoms with Crippen molar-refractivity contribution in [1.82, 2.24) is 5.32 Å². The normalized spacial score (nSPS) is 12.4. The van der Waals surface area contributed by atoms with Gasteiger partial charge in [-0.15, -0.1) is 0 Å². The minimum atomic E-state index is -0.220. The Hall–Kier alpha value is -1.19. The summed E-state index contributed by atoms with van der Waals surface area (Å²) in [6.07, 6.45) is 0.878. The van der Waals surface area contributed by atoms with E-state index in [1.54, 1.807) is 0 Å². The third-order valence-electron chi connectivity index (χ3n) is 3.41. The summed E-state index contributed by atoms with van der Waals surface area (Å²) < 4.78 is 14.0. The first-order valence-electron chi connectivity index (χ1n) is 6.69. The van der Waals surface area contributed by atoms with Crippen LogP contribution in [0.5, 0.6) is 0 Å². The van der Waals surface area contributed by atoms with Crippen LogP contribution in [0, 0.1) is 19.7 Å². The first kappa shape index (κ1) is 15.2. The SMILES string of the molecule is CNC(Cc1cc(C)cc(C)c1)c1ccc(F)cc1Br. The Bertz CT molecular complexity index is 590. The van der Waals surface area contributed by atoms with Crippen LogP contribution in [-0.4, -0.2) is 7.05 Å². The second kappa shape index (κ2) is 6.51. The van der Waals surface area contributed by atoms with E-state index in [-0.39, 0.29) is 11.9 Å². The molecule has 2 aromatic rings. The number of benzene rings is 2. The molecule has 20 heavy (non-hydrogen) atoms. The Kier molecular flexibility index (Phi) is 4.95. The molecule has 0 aliphatic heterocycles. The van der Waals surface area contributed by atoms with Crippen LogP contribution in [0.2, 0.25) is 0 Å². The lowest BCUT2D eigenvalue weighted by atomic mass is 9.96. The fourth-order valence-corrected chi connectivity index (χ4v) is 3.20. The van der Waals surface area contributed by atoms with Gasteiger partial charge in [-0.1, -0.05) is 51.3 Å². The van der Waals surface area contributed by atoms with E-state index in [4.69, 9.17) is 0 Å². The molecule has 1 atom stereocenters. The molecule has 0 spiro atoms. The van der Waals surface area contributed by atoms with Gasteiger partial charge in [-0.2, -0.15) is 0 Å². The average molecular weight is 336 g/mol. The van der Waals surface area contributed by atoms with Crippen LogP contribution in [0.3, 0.4) is 0 Å². The van der Waals surface area contributed by atoms with Gasteiger partial charge in [-0.25, -0.2) is 4.39 Å². The van der Waals surface area contributed by atoms with Crippen molar-refractivity contribution in [2.75, 3.05) is 7.05 Å². The van der Waals surface area contributed by atoms with E-state index >= 15 is 0 Å². The Morgan fingerprint density at radius 3 is 2.30 bits per heavy atom. The molecule has 2 aromatic carbocycles. The molecule has 0 aliphatic carbocycles. The molecular weight excluding hydrogens is 317 g/mol. The topological polar surface area (TPSA) is 12.0 Å². The predicted molar refractivity (Wildman–Crippen MR) is 85.5 cm³/mol.